The number of unbranched alkanes of at least 4 members (excludes halogenated alkanes) is 1. The number of carbonyl (C=O) groups excluding carboxylic acids is 4. The molecule has 176 valence electrons. The van der Waals surface area contributed by atoms with Crippen molar-refractivity contribution in [3.05, 3.63) is 35.9 Å². The number of hydrogen-bond acceptors (Lipinski definition) is 6. The van der Waals surface area contributed by atoms with Crippen molar-refractivity contribution in [1.82, 2.24) is 10.2 Å². The minimum Gasteiger partial charge on any atom is -0.467 e. The number of nitrogens with zero attached hydrogens (tertiary/aromatic N) is 1. The summed E-state index contributed by atoms with van der Waals surface area (Å²) < 4.78 is 9.96. The van der Waals surface area contributed by atoms with Gasteiger partial charge in [0, 0.05) is 18.9 Å². The first-order chi connectivity index (χ1) is 15.4. The lowest BCUT2D eigenvalue weighted by atomic mass is 9.94. The third-order valence-corrected chi connectivity index (χ3v) is 5.63. The zero-order chi connectivity index (χ0) is 23.5. The van der Waals surface area contributed by atoms with Crippen molar-refractivity contribution >= 4 is 23.8 Å². The second kappa shape index (κ2) is 12.8. The molecule has 8 nitrogen and oxygen atoms in total. The zero-order valence-electron chi connectivity index (χ0n) is 19.2. The lowest BCUT2D eigenvalue weighted by Gasteiger charge is -2.26. The van der Waals surface area contributed by atoms with E-state index in [4.69, 9.17) is 9.47 Å². The summed E-state index contributed by atoms with van der Waals surface area (Å²) >= 11 is 0. The van der Waals surface area contributed by atoms with Gasteiger partial charge in [-0.25, -0.2) is 9.59 Å². The molecule has 1 N–H and O–H groups in total. The summed E-state index contributed by atoms with van der Waals surface area (Å²) in [5, 5.41) is 2.66. The molecule has 1 aliphatic rings. The Bertz CT molecular complexity index is 782. The molecule has 8 heteroatoms. The van der Waals surface area contributed by atoms with Crippen LogP contribution in [0.2, 0.25) is 0 Å². The number of esters is 1. The summed E-state index contributed by atoms with van der Waals surface area (Å²) in [6.45, 7) is 4.42. The van der Waals surface area contributed by atoms with Gasteiger partial charge in [-0.2, -0.15) is 0 Å². The number of hydrogen-bond donors (Lipinski definition) is 1. The monoisotopic (exact) mass is 446 g/mol. The number of methoxy groups -OCH3 is 1. The largest absolute Gasteiger partial charge is 0.467 e. The van der Waals surface area contributed by atoms with Crippen molar-refractivity contribution in [2.75, 3.05) is 20.3 Å². The van der Waals surface area contributed by atoms with Gasteiger partial charge in [0.15, 0.2) is 5.78 Å². The van der Waals surface area contributed by atoms with Crippen LogP contribution in [0.1, 0.15) is 51.5 Å². The second-order valence-electron chi connectivity index (χ2n) is 8.16. The van der Waals surface area contributed by atoms with Crippen LogP contribution in [0.15, 0.2) is 30.3 Å². The summed E-state index contributed by atoms with van der Waals surface area (Å²) in [5.74, 6) is -1.57. The number of benzene rings is 1. The fourth-order valence-electron chi connectivity index (χ4n) is 3.81. The molecule has 0 bridgehead atoms. The fraction of sp³-hybridized carbons (Fsp3) is 0.583. The van der Waals surface area contributed by atoms with Gasteiger partial charge >= 0.3 is 12.1 Å². The zero-order valence-corrected chi connectivity index (χ0v) is 19.2. The van der Waals surface area contributed by atoms with Gasteiger partial charge in [0.2, 0.25) is 5.91 Å². The van der Waals surface area contributed by atoms with Crippen molar-refractivity contribution in [3.63, 3.8) is 0 Å². The highest BCUT2D eigenvalue weighted by molar-refractivity contribution is 5.93. The number of ether oxygens (including phenoxy) is 2. The SMILES string of the molecule is CCCCOC(=O)NC(Cc1ccccc1)C(=O)CC(C)C(=O)N1CCC[C@H]1C(=O)OC. The molecular weight excluding hydrogens is 412 g/mol. The molecule has 1 saturated heterocycles. The topological polar surface area (TPSA) is 102 Å². The van der Waals surface area contributed by atoms with Gasteiger partial charge in [0.25, 0.3) is 0 Å². The molecule has 1 aromatic rings. The first kappa shape index (κ1) is 25.4. The molecule has 3 atom stereocenters. The Morgan fingerprint density at radius 1 is 1.19 bits per heavy atom. The summed E-state index contributed by atoms with van der Waals surface area (Å²) in [7, 11) is 1.30. The molecule has 0 saturated carbocycles. The van der Waals surface area contributed by atoms with E-state index in [0.29, 0.717) is 25.8 Å². The average molecular weight is 447 g/mol. The maximum absolute atomic E-state index is 13.1. The van der Waals surface area contributed by atoms with E-state index in [9.17, 15) is 19.2 Å². The van der Waals surface area contributed by atoms with Crippen molar-refractivity contribution < 1.29 is 28.7 Å². The van der Waals surface area contributed by atoms with Crippen LogP contribution in [0.25, 0.3) is 0 Å². The summed E-state index contributed by atoms with van der Waals surface area (Å²) in [4.78, 5) is 51.7. The maximum Gasteiger partial charge on any atom is 0.407 e. The Hall–Kier alpha value is -2.90. The Kier molecular flexibility index (Phi) is 10.2. The Morgan fingerprint density at radius 3 is 2.56 bits per heavy atom. The first-order valence-electron chi connectivity index (χ1n) is 11.3. The Morgan fingerprint density at radius 2 is 1.91 bits per heavy atom. The van der Waals surface area contributed by atoms with Crippen LogP contribution in [0.3, 0.4) is 0 Å². The molecule has 2 unspecified atom stereocenters. The van der Waals surface area contributed by atoms with Gasteiger partial charge in [-0.05, 0) is 31.2 Å². The van der Waals surface area contributed by atoms with Gasteiger partial charge < -0.3 is 19.7 Å². The molecule has 0 spiro atoms. The average Bonchev–Trinajstić information content (AvgIpc) is 3.28. The fourth-order valence-corrected chi connectivity index (χ4v) is 3.81. The van der Waals surface area contributed by atoms with E-state index in [1.807, 2.05) is 37.3 Å². The molecule has 1 aliphatic heterocycles. The number of carbonyl (C=O) groups is 4. The van der Waals surface area contributed by atoms with Gasteiger partial charge in [-0.15, -0.1) is 0 Å². The van der Waals surface area contributed by atoms with Gasteiger partial charge in [0.05, 0.1) is 19.8 Å². The molecule has 2 amide bonds. The molecule has 0 aliphatic carbocycles. The highest BCUT2D eigenvalue weighted by atomic mass is 16.5. The minimum absolute atomic E-state index is 0.0457. The molecule has 1 fully saturated rings. The van der Waals surface area contributed by atoms with Gasteiger partial charge in [-0.3, -0.25) is 9.59 Å². The number of nitrogens with one attached hydrogen (secondary N) is 1. The van der Waals surface area contributed by atoms with Crippen LogP contribution in [0.4, 0.5) is 4.79 Å². The number of Topliss-reactive ketones (excluding diaryl/α,β-unsaturated/α-hetero) is 1. The maximum atomic E-state index is 13.1. The summed E-state index contributed by atoms with van der Waals surface area (Å²) in [5.41, 5.74) is 0.893. The standard InChI is InChI=1S/C24H34N2O6/c1-4-5-14-32-24(30)25-19(16-18-10-7-6-8-11-18)21(27)15-17(2)22(28)26-13-9-12-20(26)23(29)31-3/h6-8,10-11,17,19-20H,4-5,9,12-16H2,1-3H3,(H,25,30)/t17?,19?,20-/m0/s1. The van der Waals surface area contributed by atoms with E-state index in [-0.39, 0.29) is 24.7 Å². The van der Waals surface area contributed by atoms with Crippen molar-refractivity contribution in [2.24, 2.45) is 5.92 Å². The Labute approximate surface area is 189 Å². The molecule has 1 aromatic carbocycles. The van der Waals surface area contributed by atoms with Crippen LogP contribution in [0, 0.1) is 5.92 Å². The second-order valence-corrected chi connectivity index (χ2v) is 8.16. The molecule has 0 radical (unpaired) electrons. The smallest absolute Gasteiger partial charge is 0.407 e. The lowest BCUT2D eigenvalue weighted by Crippen LogP contribution is -2.46. The van der Waals surface area contributed by atoms with E-state index in [0.717, 1.165) is 18.4 Å². The lowest BCUT2D eigenvalue weighted by molar-refractivity contribution is -0.152. The highest BCUT2D eigenvalue weighted by Gasteiger charge is 2.37. The first-order valence-corrected chi connectivity index (χ1v) is 11.3. The predicted octanol–water partition coefficient (Wildman–Crippen LogP) is 2.88. The number of ketones is 1. The van der Waals surface area contributed by atoms with E-state index in [1.165, 1.54) is 12.0 Å². The van der Waals surface area contributed by atoms with Gasteiger partial charge in [-0.1, -0.05) is 50.6 Å². The quantitative estimate of drug-likeness (QED) is 0.414. The third-order valence-electron chi connectivity index (χ3n) is 5.63. The van der Waals surface area contributed by atoms with E-state index >= 15 is 0 Å². The summed E-state index contributed by atoms with van der Waals surface area (Å²) in [6.07, 6.45) is 2.52. The predicted molar refractivity (Wildman–Crippen MR) is 119 cm³/mol. The van der Waals surface area contributed by atoms with E-state index < -0.39 is 30.1 Å². The number of amides is 2. The van der Waals surface area contributed by atoms with E-state index in [2.05, 4.69) is 5.32 Å². The molecule has 1 heterocycles. The molecule has 0 aromatic heterocycles. The van der Waals surface area contributed by atoms with Crippen molar-refractivity contribution in [3.8, 4) is 0 Å². The summed E-state index contributed by atoms with van der Waals surface area (Å²) in [6, 6.07) is 7.95. The minimum atomic E-state index is -0.809. The molecule has 2 rings (SSSR count). The number of likely N-dealkylation sites (tertiary alicyclic amines) is 1. The molecular formula is C24H34N2O6. The van der Waals surface area contributed by atoms with Crippen LogP contribution >= 0.6 is 0 Å². The number of alkyl carbamates (subject to hydrolysis) is 1. The van der Waals surface area contributed by atoms with Crippen molar-refractivity contribution in [1.29, 1.82) is 0 Å². The van der Waals surface area contributed by atoms with Crippen LogP contribution in [-0.2, 0) is 30.3 Å². The van der Waals surface area contributed by atoms with Gasteiger partial charge in [0.1, 0.15) is 6.04 Å². The highest BCUT2D eigenvalue weighted by Crippen LogP contribution is 2.22. The third kappa shape index (κ3) is 7.35. The number of rotatable bonds is 11. The van der Waals surface area contributed by atoms with Crippen LogP contribution in [0.5, 0.6) is 0 Å². The Balaban J connectivity index is 2.04. The van der Waals surface area contributed by atoms with E-state index in [1.54, 1.807) is 6.92 Å². The normalized spacial score (nSPS) is 17.3. The molecule has 32 heavy (non-hydrogen) atoms. The van der Waals surface area contributed by atoms with Crippen molar-refractivity contribution in [2.45, 2.75) is 64.5 Å². The van der Waals surface area contributed by atoms with Crippen LogP contribution in [-0.4, -0.2) is 61.0 Å². The van der Waals surface area contributed by atoms with Crippen LogP contribution < -0.4 is 5.32 Å².